The van der Waals surface area contributed by atoms with Crippen LogP contribution in [0.25, 0.3) is 0 Å². The largest absolute Gasteiger partial charge is 0.371 e. The highest BCUT2D eigenvalue weighted by molar-refractivity contribution is 7.99. The number of hydrogen-bond acceptors (Lipinski definition) is 4. The maximum atomic E-state index is 6.11. The van der Waals surface area contributed by atoms with Crippen molar-refractivity contribution in [3.05, 3.63) is 17.7 Å². The van der Waals surface area contributed by atoms with Crippen LogP contribution < -0.4 is 5.32 Å². The molecule has 1 spiro atoms. The molecule has 1 aromatic heterocycles. The minimum atomic E-state index is -0.0241. The highest BCUT2D eigenvalue weighted by Crippen LogP contribution is 2.42. The first kappa shape index (κ1) is 11.6. The Kier molecular flexibility index (Phi) is 2.92. The lowest BCUT2D eigenvalue weighted by molar-refractivity contribution is -0.0805. The SMILES string of the molecule is Cc1nc(C2NCCOC23CCSC3)cn1C. The second kappa shape index (κ2) is 4.30. The number of thioether (sulfide) groups is 1. The predicted molar refractivity (Wildman–Crippen MR) is 69.3 cm³/mol. The zero-order valence-corrected chi connectivity index (χ0v) is 11.2. The molecule has 17 heavy (non-hydrogen) atoms. The lowest BCUT2D eigenvalue weighted by Crippen LogP contribution is -2.52. The zero-order chi connectivity index (χ0) is 11.9. The molecular formula is C12H19N3OS. The fraction of sp³-hybridized carbons (Fsp3) is 0.750. The third-order valence-electron chi connectivity index (χ3n) is 3.81. The molecule has 2 aliphatic heterocycles. The molecule has 0 bridgehead atoms. The normalized spacial score (nSPS) is 33.4. The summed E-state index contributed by atoms with van der Waals surface area (Å²) in [6, 6.07) is 0.256. The number of aryl methyl sites for hydroxylation is 2. The van der Waals surface area contributed by atoms with Gasteiger partial charge in [0.25, 0.3) is 0 Å². The predicted octanol–water partition coefficient (Wildman–Crippen LogP) is 1.27. The molecule has 2 atom stereocenters. The summed E-state index contributed by atoms with van der Waals surface area (Å²) < 4.78 is 8.19. The van der Waals surface area contributed by atoms with Crippen molar-refractivity contribution in [2.24, 2.45) is 7.05 Å². The molecule has 3 heterocycles. The van der Waals surface area contributed by atoms with Gasteiger partial charge < -0.3 is 14.6 Å². The molecule has 0 aromatic carbocycles. The summed E-state index contributed by atoms with van der Waals surface area (Å²) in [6.45, 7) is 3.79. The van der Waals surface area contributed by atoms with Crippen LogP contribution in [0.4, 0.5) is 0 Å². The van der Waals surface area contributed by atoms with Crippen LogP contribution in [0.3, 0.4) is 0 Å². The summed E-state index contributed by atoms with van der Waals surface area (Å²) in [4.78, 5) is 4.66. The lowest BCUT2D eigenvalue weighted by Gasteiger charge is -2.40. The first-order chi connectivity index (χ1) is 8.21. The van der Waals surface area contributed by atoms with Gasteiger partial charge in [-0.3, -0.25) is 0 Å². The molecule has 5 heteroatoms. The Hall–Kier alpha value is -0.520. The molecule has 3 rings (SSSR count). The van der Waals surface area contributed by atoms with Crippen LogP contribution in [0.2, 0.25) is 0 Å². The standard InChI is InChI=1S/C12H19N3OS/c1-9-14-10(7-15(9)2)11-12(3-6-17-8-12)16-5-4-13-11/h7,11,13H,3-6,8H2,1-2H3. The number of ether oxygens (including phenoxy) is 1. The molecule has 0 amide bonds. The number of rotatable bonds is 1. The van der Waals surface area contributed by atoms with Gasteiger partial charge in [-0.2, -0.15) is 11.8 Å². The van der Waals surface area contributed by atoms with E-state index in [2.05, 4.69) is 21.1 Å². The van der Waals surface area contributed by atoms with E-state index in [0.717, 1.165) is 36.8 Å². The van der Waals surface area contributed by atoms with Crippen molar-refractivity contribution in [3.8, 4) is 0 Å². The molecule has 0 saturated carbocycles. The minimum absolute atomic E-state index is 0.0241. The van der Waals surface area contributed by atoms with Gasteiger partial charge in [0.05, 0.1) is 23.9 Å². The van der Waals surface area contributed by atoms with E-state index < -0.39 is 0 Å². The average Bonchev–Trinajstić information content (AvgIpc) is 2.89. The molecule has 4 nitrogen and oxygen atoms in total. The van der Waals surface area contributed by atoms with Crippen LogP contribution >= 0.6 is 11.8 Å². The monoisotopic (exact) mass is 253 g/mol. The Morgan fingerprint density at radius 1 is 1.65 bits per heavy atom. The first-order valence-electron chi connectivity index (χ1n) is 6.16. The Labute approximate surface area is 106 Å². The molecule has 2 aliphatic rings. The molecule has 94 valence electrons. The fourth-order valence-corrected chi connectivity index (χ4v) is 4.10. The molecule has 2 saturated heterocycles. The number of hydrogen-bond donors (Lipinski definition) is 1. The van der Waals surface area contributed by atoms with Gasteiger partial charge in [-0.25, -0.2) is 4.98 Å². The number of morpholine rings is 1. The number of nitrogens with zero attached hydrogens (tertiary/aromatic N) is 2. The van der Waals surface area contributed by atoms with E-state index in [0.29, 0.717) is 0 Å². The Bertz CT molecular complexity index is 392. The van der Waals surface area contributed by atoms with E-state index in [-0.39, 0.29) is 11.6 Å². The Morgan fingerprint density at radius 3 is 3.18 bits per heavy atom. The molecule has 0 radical (unpaired) electrons. The van der Waals surface area contributed by atoms with Gasteiger partial charge >= 0.3 is 0 Å². The molecule has 1 N–H and O–H groups in total. The molecule has 2 fully saturated rings. The van der Waals surface area contributed by atoms with Crippen LogP contribution in [-0.4, -0.2) is 39.8 Å². The first-order valence-corrected chi connectivity index (χ1v) is 7.32. The van der Waals surface area contributed by atoms with Crippen LogP contribution in [0.1, 0.15) is 24.0 Å². The third kappa shape index (κ3) is 1.90. The van der Waals surface area contributed by atoms with E-state index >= 15 is 0 Å². The van der Waals surface area contributed by atoms with Crippen molar-refractivity contribution in [2.75, 3.05) is 24.7 Å². The zero-order valence-electron chi connectivity index (χ0n) is 10.4. The molecule has 0 aliphatic carbocycles. The van der Waals surface area contributed by atoms with Gasteiger partial charge in [0.1, 0.15) is 5.82 Å². The van der Waals surface area contributed by atoms with E-state index in [9.17, 15) is 0 Å². The number of aromatic nitrogens is 2. The van der Waals surface area contributed by atoms with Crippen molar-refractivity contribution in [3.63, 3.8) is 0 Å². The Balaban J connectivity index is 1.93. The van der Waals surface area contributed by atoms with Crippen molar-refractivity contribution >= 4 is 11.8 Å². The lowest BCUT2D eigenvalue weighted by atomic mass is 9.89. The highest BCUT2D eigenvalue weighted by Gasteiger charge is 2.46. The van der Waals surface area contributed by atoms with Crippen molar-refractivity contribution in [1.82, 2.24) is 14.9 Å². The van der Waals surface area contributed by atoms with E-state index in [1.807, 2.05) is 25.7 Å². The van der Waals surface area contributed by atoms with Gasteiger partial charge in [0, 0.05) is 25.5 Å². The maximum absolute atomic E-state index is 6.11. The van der Waals surface area contributed by atoms with Crippen molar-refractivity contribution in [2.45, 2.75) is 25.0 Å². The van der Waals surface area contributed by atoms with E-state index in [4.69, 9.17) is 4.74 Å². The topological polar surface area (TPSA) is 39.1 Å². The van der Waals surface area contributed by atoms with E-state index in [1.165, 1.54) is 5.75 Å². The summed E-state index contributed by atoms with van der Waals surface area (Å²) in [5, 5.41) is 3.59. The highest BCUT2D eigenvalue weighted by atomic mass is 32.2. The van der Waals surface area contributed by atoms with Gasteiger partial charge in [-0.15, -0.1) is 0 Å². The Morgan fingerprint density at radius 2 is 2.53 bits per heavy atom. The van der Waals surface area contributed by atoms with Crippen LogP contribution in [-0.2, 0) is 11.8 Å². The van der Waals surface area contributed by atoms with Crippen LogP contribution in [0.15, 0.2) is 6.20 Å². The minimum Gasteiger partial charge on any atom is -0.371 e. The maximum Gasteiger partial charge on any atom is 0.105 e. The molecule has 1 aromatic rings. The summed E-state index contributed by atoms with van der Waals surface area (Å²) in [7, 11) is 2.05. The van der Waals surface area contributed by atoms with E-state index in [1.54, 1.807) is 0 Å². The molecule has 2 unspecified atom stereocenters. The van der Waals surface area contributed by atoms with Crippen LogP contribution in [0.5, 0.6) is 0 Å². The van der Waals surface area contributed by atoms with Gasteiger partial charge in [0.15, 0.2) is 0 Å². The van der Waals surface area contributed by atoms with Gasteiger partial charge in [-0.05, 0) is 19.1 Å². The second-order valence-electron chi connectivity index (χ2n) is 4.93. The smallest absolute Gasteiger partial charge is 0.105 e. The van der Waals surface area contributed by atoms with Gasteiger partial charge in [0.2, 0.25) is 0 Å². The summed E-state index contributed by atoms with van der Waals surface area (Å²) >= 11 is 1.99. The van der Waals surface area contributed by atoms with Gasteiger partial charge in [-0.1, -0.05) is 0 Å². The number of nitrogens with one attached hydrogen (secondary N) is 1. The van der Waals surface area contributed by atoms with Crippen LogP contribution in [0, 0.1) is 6.92 Å². The second-order valence-corrected chi connectivity index (χ2v) is 6.03. The number of imidazole rings is 1. The van der Waals surface area contributed by atoms with Crippen molar-refractivity contribution in [1.29, 1.82) is 0 Å². The third-order valence-corrected chi connectivity index (χ3v) is 4.99. The summed E-state index contributed by atoms with van der Waals surface area (Å²) in [5.41, 5.74) is 1.11. The summed E-state index contributed by atoms with van der Waals surface area (Å²) in [5.74, 6) is 3.35. The van der Waals surface area contributed by atoms with Crippen molar-refractivity contribution < 1.29 is 4.74 Å². The molecular weight excluding hydrogens is 234 g/mol. The quantitative estimate of drug-likeness (QED) is 0.818. The average molecular weight is 253 g/mol. The summed E-state index contributed by atoms with van der Waals surface area (Å²) in [6.07, 6.45) is 3.26. The fourth-order valence-electron chi connectivity index (χ4n) is 2.73.